The van der Waals surface area contributed by atoms with Gasteiger partial charge in [-0.3, -0.25) is 4.79 Å². The van der Waals surface area contributed by atoms with Crippen molar-refractivity contribution in [3.8, 4) is 0 Å². The Morgan fingerprint density at radius 2 is 2.24 bits per heavy atom. The van der Waals surface area contributed by atoms with Gasteiger partial charge in [0.25, 0.3) is 0 Å². The maximum atomic E-state index is 11.8. The van der Waals surface area contributed by atoms with Crippen LogP contribution in [0.3, 0.4) is 0 Å². The van der Waals surface area contributed by atoms with Crippen LogP contribution in [0.15, 0.2) is 0 Å². The van der Waals surface area contributed by atoms with Crippen molar-refractivity contribution >= 4 is 18.3 Å². The number of hydrogen-bond acceptors (Lipinski definition) is 3. The number of nitrogens with two attached hydrogens (primary N) is 1. The number of amides is 1. The van der Waals surface area contributed by atoms with Crippen LogP contribution >= 0.6 is 12.4 Å². The van der Waals surface area contributed by atoms with E-state index >= 15 is 0 Å². The number of ether oxygens (including phenoxy) is 1. The summed E-state index contributed by atoms with van der Waals surface area (Å²) < 4.78 is 5.39. The van der Waals surface area contributed by atoms with E-state index in [2.05, 4.69) is 12.2 Å². The lowest BCUT2D eigenvalue weighted by atomic mass is 10.1. The third kappa shape index (κ3) is 5.70. The molecule has 1 aliphatic carbocycles. The van der Waals surface area contributed by atoms with E-state index in [0.717, 1.165) is 25.7 Å². The van der Waals surface area contributed by atoms with Crippen LogP contribution < -0.4 is 11.1 Å². The van der Waals surface area contributed by atoms with E-state index in [1.54, 1.807) is 0 Å². The molecule has 1 saturated carbocycles. The summed E-state index contributed by atoms with van der Waals surface area (Å²) in [6, 6.07) is 0.135. The Bertz CT molecular complexity index is 227. The van der Waals surface area contributed by atoms with Gasteiger partial charge in [-0.2, -0.15) is 0 Å². The van der Waals surface area contributed by atoms with Crippen molar-refractivity contribution < 1.29 is 9.53 Å². The van der Waals surface area contributed by atoms with E-state index in [-0.39, 0.29) is 36.4 Å². The summed E-state index contributed by atoms with van der Waals surface area (Å²) >= 11 is 0. The van der Waals surface area contributed by atoms with Crippen LogP contribution in [0.4, 0.5) is 0 Å². The van der Waals surface area contributed by atoms with E-state index in [0.29, 0.717) is 13.2 Å². The molecular weight excluding hydrogens is 240 g/mol. The molecule has 1 rings (SSSR count). The zero-order valence-electron chi connectivity index (χ0n) is 10.8. The van der Waals surface area contributed by atoms with E-state index in [9.17, 15) is 4.79 Å². The van der Waals surface area contributed by atoms with Crippen molar-refractivity contribution in [2.45, 2.75) is 51.7 Å². The number of rotatable bonds is 8. The average molecular weight is 265 g/mol. The van der Waals surface area contributed by atoms with Crippen LogP contribution in [0.2, 0.25) is 0 Å². The second-order valence-corrected chi connectivity index (χ2v) is 4.42. The fraction of sp³-hybridized carbons (Fsp3) is 0.917. The summed E-state index contributed by atoms with van der Waals surface area (Å²) in [7, 11) is 0. The number of carbonyl (C=O) groups is 1. The number of carbonyl (C=O) groups excluding carboxylic acids is 1. The molecule has 1 aliphatic rings. The molecule has 5 heteroatoms. The summed E-state index contributed by atoms with van der Waals surface area (Å²) in [6.07, 6.45) is 4.24. The molecule has 3 atom stereocenters. The van der Waals surface area contributed by atoms with Gasteiger partial charge in [-0.15, -0.1) is 12.4 Å². The lowest BCUT2D eigenvalue weighted by Crippen LogP contribution is -2.41. The minimum atomic E-state index is 0. The lowest BCUT2D eigenvalue weighted by molar-refractivity contribution is -0.124. The van der Waals surface area contributed by atoms with Gasteiger partial charge < -0.3 is 15.8 Å². The van der Waals surface area contributed by atoms with E-state index in [1.807, 2.05) is 6.92 Å². The molecule has 0 aromatic rings. The topological polar surface area (TPSA) is 64.3 Å². The SMILES string of the molecule is CCCCC(CN)NC(=O)C1CC1OCC.Cl. The lowest BCUT2D eigenvalue weighted by Gasteiger charge is -2.16. The molecule has 0 aromatic heterocycles. The van der Waals surface area contributed by atoms with Crippen LogP contribution in [-0.4, -0.2) is 31.2 Å². The van der Waals surface area contributed by atoms with Crippen molar-refractivity contribution in [1.29, 1.82) is 0 Å². The zero-order valence-corrected chi connectivity index (χ0v) is 11.6. The zero-order chi connectivity index (χ0) is 12.0. The summed E-state index contributed by atoms with van der Waals surface area (Å²) in [6.45, 7) is 5.31. The minimum absolute atomic E-state index is 0. The van der Waals surface area contributed by atoms with Gasteiger partial charge in [0, 0.05) is 19.2 Å². The molecule has 0 spiro atoms. The van der Waals surface area contributed by atoms with E-state index in [1.165, 1.54) is 0 Å². The highest BCUT2D eigenvalue weighted by Gasteiger charge is 2.44. The van der Waals surface area contributed by atoms with Crippen LogP contribution in [0.5, 0.6) is 0 Å². The monoisotopic (exact) mass is 264 g/mol. The maximum absolute atomic E-state index is 11.8. The Balaban J connectivity index is 0.00000256. The molecule has 0 heterocycles. The highest BCUT2D eigenvalue weighted by atomic mass is 35.5. The molecule has 1 amide bonds. The Hall–Kier alpha value is -0.320. The van der Waals surface area contributed by atoms with Crippen molar-refractivity contribution in [1.82, 2.24) is 5.32 Å². The maximum Gasteiger partial charge on any atom is 0.226 e. The quantitative estimate of drug-likeness (QED) is 0.698. The molecule has 3 unspecified atom stereocenters. The molecule has 17 heavy (non-hydrogen) atoms. The first-order chi connectivity index (χ1) is 7.72. The molecule has 0 saturated heterocycles. The van der Waals surface area contributed by atoms with Crippen LogP contribution in [0.1, 0.15) is 39.5 Å². The highest BCUT2D eigenvalue weighted by molar-refractivity contribution is 5.85. The van der Waals surface area contributed by atoms with Crippen molar-refractivity contribution in [3.05, 3.63) is 0 Å². The Morgan fingerprint density at radius 3 is 2.76 bits per heavy atom. The second-order valence-electron chi connectivity index (χ2n) is 4.42. The third-order valence-corrected chi connectivity index (χ3v) is 2.99. The molecule has 0 bridgehead atoms. The van der Waals surface area contributed by atoms with Crippen molar-refractivity contribution in [2.24, 2.45) is 11.7 Å². The van der Waals surface area contributed by atoms with Gasteiger partial charge in [-0.05, 0) is 19.8 Å². The number of unbranched alkanes of at least 4 members (excludes halogenated alkanes) is 1. The standard InChI is InChI=1S/C12H24N2O2.ClH/c1-3-5-6-9(8-13)14-12(15)10-7-11(10)16-4-2;/h9-11H,3-8,13H2,1-2H3,(H,14,15);1H. The summed E-state index contributed by atoms with van der Waals surface area (Å²) in [4.78, 5) is 11.8. The van der Waals surface area contributed by atoms with Crippen LogP contribution in [-0.2, 0) is 9.53 Å². The summed E-state index contributed by atoms with van der Waals surface area (Å²) in [5.74, 6) is 0.181. The predicted molar refractivity (Wildman–Crippen MR) is 71.3 cm³/mol. The number of halogens is 1. The second kappa shape index (κ2) is 8.72. The first-order valence-corrected chi connectivity index (χ1v) is 6.34. The molecule has 1 fully saturated rings. The summed E-state index contributed by atoms with van der Waals surface area (Å²) in [5.41, 5.74) is 5.63. The molecule has 0 aliphatic heterocycles. The van der Waals surface area contributed by atoms with E-state index < -0.39 is 0 Å². The van der Waals surface area contributed by atoms with Gasteiger partial charge >= 0.3 is 0 Å². The number of hydrogen-bond donors (Lipinski definition) is 2. The molecule has 3 N–H and O–H groups in total. The molecule has 0 radical (unpaired) electrons. The van der Waals surface area contributed by atoms with Crippen molar-refractivity contribution in [2.75, 3.05) is 13.2 Å². The minimum Gasteiger partial charge on any atom is -0.378 e. The predicted octanol–water partition coefficient (Wildman–Crippen LogP) is 1.47. The highest BCUT2D eigenvalue weighted by Crippen LogP contribution is 2.33. The van der Waals surface area contributed by atoms with Crippen LogP contribution in [0.25, 0.3) is 0 Å². The first-order valence-electron chi connectivity index (χ1n) is 6.34. The third-order valence-electron chi connectivity index (χ3n) is 2.99. The van der Waals surface area contributed by atoms with Gasteiger partial charge in [-0.25, -0.2) is 0 Å². The Kier molecular flexibility index (Phi) is 8.56. The first kappa shape index (κ1) is 16.7. The molecule has 4 nitrogen and oxygen atoms in total. The van der Waals surface area contributed by atoms with Gasteiger partial charge in [0.15, 0.2) is 0 Å². The van der Waals surface area contributed by atoms with Crippen LogP contribution in [0, 0.1) is 5.92 Å². The molecule has 102 valence electrons. The summed E-state index contributed by atoms with van der Waals surface area (Å²) in [5, 5.41) is 3.01. The normalized spacial score (nSPS) is 23.7. The van der Waals surface area contributed by atoms with Crippen molar-refractivity contribution in [3.63, 3.8) is 0 Å². The van der Waals surface area contributed by atoms with Gasteiger partial charge in [0.1, 0.15) is 0 Å². The number of nitrogens with one attached hydrogen (secondary N) is 1. The van der Waals surface area contributed by atoms with Gasteiger partial charge in [0.2, 0.25) is 5.91 Å². The Morgan fingerprint density at radius 1 is 1.53 bits per heavy atom. The van der Waals surface area contributed by atoms with Gasteiger partial charge in [0.05, 0.1) is 12.0 Å². The Labute approximate surface area is 110 Å². The fourth-order valence-corrected chi connectivity index (χ4v) is 1.85. The smallest absolute Gasteiger partial charge is 0.226 e. The molecular formula is C12H25ClN2O2. The largest absolute Gasteiger partial charge is 0.378 e. The molecule has 0 aromatic carbocycles. The fourth-order valence-electron chi connectivity index (χ4n) is 1.85. The van der Waals surface area contributed by atoms with E-state index in [4.69, 9.17) is 10.5 Å². The average Bonchev–Trinajstić information content (AvgIpc) is 3.04. The van der Waals surface area contributed by atoms with Gasteiger partial charge in [-0.1, -0.05) is 19.8 Å².